The molecule has 4 nitrogen and oxygen atoms in total. The van der Waals surface area contributed by atoms with Crippen LogP contribution in [0.15, 0.2) is 72.8 Å². The van der Waals surface area contributed by atoms with E-state index in [1.165, 1.54) is 11.1 Å². The van der Waals surface area contributed by atoms with Gasteiger partial charge >= 0.3 is 0 Å². The second-order valence-corrected chi connectivity index (χ2v) is 9.24. The summed E-state index contributed by atoms with van der Waals surface area (Å²) in [6.45, 7) is 9.76. The Hall–Kier alpha value is -3.92. The van der Waals surface area contributed by atoms with Gasteiger partial charge in [0.1, 0.15) is 23.0 Å². The van der Waals surface area contributed by atoms with Crippen LogP contribution in [0.25, 0.3) is 0 Å². The zero-order valence-electron chi connectivity index (χ0n) is 21.0. The predicted octanol–water partition coefficient (Wildman–Crippen LogP) is 7.17. The average molecular weight is 471 g/mol. The molecule has 4 aromatic rings. The maximum atomic E-state index is 9.79. The van der Waals surface area contributed by atoms with E-state index in [-0.39, 0.29) is 17.4 Å². The van der Waals surface area contributed by atoms with Gasteiger partial charge in [-0.1, -0.05) is 55.5 Å². The predicted molar refractivity (Wildman–Crippen MR) is 142 cm³/mol. The summed E-state index contributed by atoms with van der Waals surface area (Å²) in [5.74, 6) is 1.56. The van der Waals surface area contributed by atoms with Crippen molar-refractivity contribution in [2.45, 2.75) is 47.0 Å². The Morgan fingerprint density at radius 2 is 0.800 bits per heavy atom. The highest BCUT2D eigenvalue weighted by atomic mass is 16.3. The average Bonchev–Trinajstić information content (AvgIpc) is 2.82. The second-order valence-electron chi connectivity index (χ2n) is 9.24. The van der Waals surface area contributed by atoms with E-state index < -0.39 is 0 Å². The summed E-state index contributed by atoms with van der Waals surface area (Å²) in [4.78, 5) is 0. The zero-order valence-corrected chi connectivity index (χ0v) is 21.0. The first-order chi connectivity index (χ1) is 16.5. The molecule has 0 saturated heterocycles. The highest BCUT2D eigenvalue weighted by Gasteiger charge is 2.09. The SMILES string of the molecule is CC(c1ccc(O)cc1)c1ccc(O)cc1.Cc1cc(Cc2cc(C)c(O)c(C)c2)cc(C)c1O. The highest BCUT2D eigenvalue weighted by Crippen LogP contribution is 2.28. The first-order valence-corrected chi connectivity index (χ1v) is 11.7. The minimum Gasteiger partial charge on any atom is -0.508 e. The van der Waals surface area contributed by atoms with Crippen molar-refractivity contribution in [3.05, 3.63) is 117 Å². The third-order valence-electron chi connectivity index (χ3n) is 6.30. The summed E-state index contributed by atoms with van der Waals surface area (Å²) in [5.41, 5.74) is 8.26. The fraction of sp³-hybridized carbons (Fsp3) is 0.226. The van der Waals surface area contributed by atoms with Crippen LogP contribution in [0.5, 0.6) is 23.0 Å². The lowest BCUT2D eigenvalue weighted by molar-refractivity contribution is 0.466. The van der Waals surface area contributed by atoms with Crippen molar-refractivity contribution in [1.29, 1.82) is 0 Å². The first-order valence-electron chi connectivity index (χ1n) is 11.7. The third kappa shape index (κ3) is 6.57. The van der Waals surface area contributed by atoms with E-state index in [1.54, 1.807) is 24.3 Å². The van der Waals surface area contributed by atoms with Gasteiger partial charge in [0.15, 0.2) is 0 Å². The number of aromatic hydroxyl groups is 4. The van der Waals surface area contributed by atoms with E-state index in [9.17, 15) is 20.4 Å². The Labute approximate surface area is 207 Å². The van der Waals surface area contributed by atoms with Crippen LogP contribution in [-0.4, -0.2) is 20.4 Å². The number of phenols is 4. The van der Waals surface area contributed by atoms with E-state index in [2.05, 4.69) is 6.92 Å². The number of phenolic OH excluding ortho intramolecular Hbond substituents is 4. The van der Waals surface area contributed by atoms with Gasteiger partial charge in [0.05, 0.1) is 0 Å². The van der Waals surface area contributed by atoms with Crippen molar-refractivity contribution < 1.29 is 20.4 Å². The lowest BCUT2D eigenvalue weighted by atomic mass is 9.93. The van der Waals surface area contributed by atoms with Gasteiger partial charge in [-0.05, 0) is 103 Å². The summed E-state index contributed by atoms with van der Waals surface area (Å²) in [5, 5.41) is 38.0. The first kappa shape index (κ1) is 25.7. The molecule has 0 aliphatic heterocycles. The largest absolute Gasteiger partial charge is 0.508 e. The Balaban J connectivity index is 0.000000198. The smallest absolute Gasteiger partial charge is 0.121 e. The van der Waals surface area contributed by atoms with E-state index >= 15 is 0 Å². The van der Waals surface area contributed by atoms with Crippen molar-refractivity contribution >= 4 is 0 Å². The molecule has 0 bridgehead atoms. The van der Waals surface area contributed by atoms with Crippen LogP contribution in [0.4, 0.5) is 0 Å². The zero-order chi connectivity index (χ0) is 25.7. The topological polar surface area (TPSA) is 80.9 Å². The number of aryl methyl sites for hydroxylation is 4. The molecule has 0 aliphatic carbocycles. The summed E-state index contributed by atoms with van der Waals surface area (Å²) in [7, 11) is 0. The number of benzene rings is 4. The Bertz CT molecular complexity index is 1140. The van der Waals surface area contributed by atoms with Crippen molar-refractivity contribution in [1.82, 2.24) is 0 Å². The Kier molecular flexibility index (Phi) is 8.08. The molecule has 35 heavy (non-hydrogen) atoms. The molecule has 4 N–H and O–H groups in total. The van der Waals surface area contributed by atoms with Crippen LogP contribution < -0.4 is 0 Å². The molecule has 4 rings (SSSR count). The Morgan fingerprint density at radius 1 is 0.514 bits per heavy atom. The molecule has 0 aliphatic rings. The van der Waals surface area contributed by atoms with E-state index in [4.69, 9.17) is 0 Å². The normalized spacial score (nSPS) is 10.7. The van der Waals surface area contributed by atoms with Crippen molar-refractivity contribution in [3.63, 3.8) is 0 Å². The molecule has 0 amide bonds. The third-order valence-corrected chi connectivity index (χ3v) is 6.30. The molecule has 0 unspecified atom stereocenters. The van der Waals surface area contributed by atoms with Crippen molar-refractivity contribution in [3.8, 4) is 23.0 Å². The van der Waals surface area contributed by atoms with Crippen molar-refractivity contribution in [2.75, 3.05) is 0 Å². The summed E-state index contributed by atoms with van der Waals surface area (Å²) >= 11 is 0. The van der Waals surface area contributed by atoms with Crippen LogP contribution in [0, 0.1) is 27.7 Å². The molecule has 0 saturated carbocycles. The van der Waals surface area contributed by atoms with Crippen molar-refractivity contribution in [2.24, 2.45) is 0 Å². The fourth-order valence-electron chi connectivity index (χ4n) is 4.25. The molecule has 0 spiro atoms. The standard InChI is InChI=1S/C17H20O2.C14H14O2/c1-10-5-14(6-11(2)16(10)18)9-15-7-12(3)17(19)13(4)8-15;1-10(11-2-6-13(15)7-3-11)12-4-8-14(16)9-5-12/h5-8,18-19H,9H2,1-4H3;2-10,15-16H,1H3. The van der Waals surface area contributed by atoms with Gasteiger partial charge in [-0.15, -0.1) is 0 Å². The molecule has 0 radical (unpaired) electrons. The minimum absolute atomic E-state index is 0.251. The summed E-state index contributed by atoms with van der Waals surface area (Å²) < 4.78 is 0. The summed E-state index contributed by atoms with van der Waals surface area (Å²) in [6.07, 6.45) is 0.809. The lowest BCUT2D eigenvalue weighted by Gasteiger charge is -2.12. The van der Waals surface area contributed by atoms with Crippen LogP contribution in [0.3, 0.4) is 0 Å². The molecule has 4 heteroatoms. The van der Waals surface area contributed by atoms with E-state index in [0.29, 0.717) is 11.5 Å². The maximum absolute atomic E-state index is 9.79. The van der Waals surface area contributed by atoms with Crippen LogP contribution >= 0.6 is 0 Å². The maximum Gasteiger partial charge on any atom is 0.121 e. The van der Waals surface area contributed by atoms with E-state index in [0.717, 1.165) is 39.8 Å². The van der Waals surface area contributed by atoms with Gasteiger partial charge in [0.25, 0.3) is 0 Å². The van der Waals surface area contributed by atoms with Crippen LogP contribution in [0.2, 0.25) is 0 Å². The molecular formula is C31H34O4. The molecule has 0 fully saturated rings. The molecule has 182 valence electrons. The second kappa shape index (κ2) is 11.0. The van der Waals surface area contributed by atoms with Gasteiger partial charge in [-0.2, -0.15) is 0 Å². The Morgan fingerprint density at radius 3 is 1.09 bits per heavy atom. The van der Waals surface area contributed by atoms with Crippen LogP contribution in [0.1, 0.15) is 57.3 Å². The van der Waals surface area contributed by atoms with E-state index in [1.807, 2.05) is 76.2 Å². The van der Waals surface area contributed by atoms with Gasteiger partial charge in [-0.3, -0.25) is 0 Å². The molecule has 4 aromatic carbocycles. The fourth-order valence-corrected chi connectivity index (χ4v) is 4.25. The van der Waals surface area contributed by atoms with Gasteiger partial charge in [-0.25, -0.2) is 0 Å². The molecule has 0 atom stereocenters. The monoisotopic (exact) mass is 470 g/mol. The minimum atomic E-state index is 0.251. The number of hydrogen-bond acceptors (Lipinski definition) is 4. The highest BCUT2D eigenvalue weighted by molar-refractivity contribution is 5.46. The molecule has 0 aromatic heterocycles. The molecular weight excluding hydrogens is 436 g/mol. The van der Waals surface area contributed by atoms with Gasteiger partial charge in [0.2, 0.25) is 0 Å². The van der Waals surface area contributed by atoms with Gasteiger partial charge in [0, 0.05) is 5.92 Å². The lowest BCUT2D eigenvalue weighted by Crippen LogP contribution is -1.94. The quantitative estimate of drug-likeness (QED) is 0.255. The van der Waals surface area contributed by atoms with Gasteiger partial charge < -0.3 is 20.4 Å². The number of rotatable bonds is 4. The van der Waals surface area contributed by atoms with Crippen LogP contribution in [-0.2, 0) is 6.42 Å². The summed E-state index contributed by atoms with van der Waals surface area (Å²) in [6, 6.07) is 22.4. The molecule has 0 heterocycles. The number of hydrogen-bond donors (Lipinski definition) is 4.